The predicted molar refractivity (Wildman–Crippen MR) is 80.4 cm³/mol. The van der Waals surface area contributed by atoms with E-state index in [0.29, 0.717) is 13.2 Å². The first-order chi connectivity index (χ1) is 9.00. The van der Waals surface area contributed by atoms with Crippen LogP contribution < -0.4 is 11.1 Å². The second kappa shape index (κ2) is 5.45. The van der Waals surface area contributed by atoms with E-state index in [1.165, 1.54) is 0 Å². The second-order valence-corrected chi connectivity index (χ2v) is 5.19. The van der Waals surface area contributed by atoms with Crippen molar-refractivity contribution < 1.29 is 4.74 Å². The van der Waals surface area contributed by atoms with Crippen LogP contribution in [0.4, 0.5) is 11.5 Å². The van der Waals surface area contributed by atoms with Crippen molar-refractivity contribution in [2.45, 2.75) is 26.4 Å². The van der Waals surface area contributed by atoms with E-state index in [2.05, 4.69) is 24.1 Å². The van der Waals surface area contributed by atoms with Crippen LogP contribution in [0.2, 0.25) is 0 Å². The van der Waals surface area contributed by atoms with Gasteiger partial charge >= 0.3 is 0 Å². The number of hydrogen-bond acceptors (Lipinski definition) is 4. The first-order valence-corrected chi connectivity index (χ1v) is 6.54. The average molecular weight is 259 g/mol. The summed E-state index contributed by atoms with van der Waals surface area (Å²) in [5.41, 5.74) is 7.24. The molecule has 0 amide bonds. The maximum Gasteiger partial charge on any atom is 0.126 e. The molecular weight excluding hydrogens is 238 g/mol. The standard InChI is InChI=1S/C15H21N3O/c1-4-19-15(2,3)10-17-14-8-5-11-9-12(16)6-7-13(11)18-14/h5-9H,4,10,16H2,1-3H3,(H,17,18). The fourth-order valence-electron chi connectivity index (χ4n) is 1.99. The molecule has 0 aliphatic heterocycles. The number of fused-ring (bicyclic) bond motifs is 1. The van der Waals surface area contributed by atoms with Crippen LogP contribution in [-0.4, -0.2) is 23.7 Å². The number of anilines is 2. The number of rotatable bonds is 5. The second-order valence-electron chi connectivity index (χ2n) is 5.19. The summed E-state index contributed by atoms with van der Waals surface area (Å²) in [4.78, 5) is 4.56. The van der Waals surface area contributed by atoms with Gasteiger partial charge in [0.05, 0.1) is 11.1 Å². The van der Waals surface area contributed by atoms with Crippen molar-refractivity contribution in [1.29, 1.82) is 0 Å². The molecule has 1 aromatic carbocycles. The largest absolute Gasteiger partial charge is 0.399 e. The summed E-state index contributed by atoms with van der Waals surface area (Å²) >= 11 is 0. The molecule has 1 heterocycles. The fourth-order valence-corrected chi connectivity index (χ4v) is 1.99. The Bertz CT molecular complexity index is 566. The number of benzene rings is 1. The average Bonchev–Trinajstić information content (AvgIpc) is 2.36. The third-order valence-electron chi connectivity index (χ3n) is 2.94. The highest BCUT2D eigenvalue weighted by atomic mass is 16.5. The Morgan fingerprint density at radius 1 is 1.26 bits per heavy atom. The van der Waals surface area contributed by atoms with Crippen molar-refractivity contribution in [1.82, 2.24) is 4.98 Å². The maximum absolute atomic E-state index is 5.75. The lowest BCUT2D eigenvalue weighted by Crippen LogP contribution is -2.33. The molecule has 19 heavy (non-hydrogen) atoms. The number of nitrogens with one attached hydrogen (secondary N) is 1. The molecule has 0 aliphatic rings. The van der Waals surface area contributed by atoms with Crippen molar-refractivity contribution in [2.24, 2.45) is 0 Å². The number of nitrogen functional groups attached to an aromatic ring is 1. The summed E-state index contributed by atoms with van der Waals surface area (Å²) in [7, 11) is 0. The molecule has 0 aliphatic carbocycles. The molecule has 0 saturated carbocycles. The van der Waals surface area contributed by atoms with Gasteiger partial charge < -0.3 is 15.8 Å². The molecular formula is C15H21N3O. The quantitative estimate of drug-likeness (QED) is 0.810. The van der Waals surface area contributed by atoms with Crippen LogP contribution in [0.1, 0.15) is 20.8 Å². The van der Waals surface area contributed by atoms with Gasteiger partial charge in [0.25, 0.3) is 0 Å². The molecule has 2 aromatic rings. The SMILES string of the molecule is CCOC(C)(C)CNc1ccc2cc(N)ccc2n1. The van der Waals surface area contributed by atoms with E-state index >= 15 is 0 Å². The van der Waals surface area contributed by atoms with Gasteiger partial charge in [0.2, 0.25) is 0 Å². The molecule has 0 fully saturated rings. The summed E-state index contributed by atoms with van der Waals surface area (Å²) in [6, 6.07) is 9.71. The van der Waals surface area contributed by atoms with Gasteiger partial charge in [0.15, 0.2) is 0 Å². The van der Waals surface area contributed by atoms with Crippen LogP contribution in [0.5, 0.6) is 0 Å². The third kappa shape index (κ3) is 3.58. The number of ether oxygens (including phenoxy) is 1. The summed E-state index contributed by atoms with van der Waals surface area (Å²) in [6.07, 6.45) is 0. The lowest BCUT2D eigenvalue weighted by Gasteiger charge is -2.25. The van der Waals surface area contributed by atoms with Crippen molar-refractivity contribution in [3.05, 3.63) is 30.3 Å². The van der Waals surface area contributed by atoms with E-state index in [9.17, 15) is 0 Å². The minimum absolute atomic E-state index is 0.202. The Morgan fingerprint density at radius 2 is 2.05 bits per heavy atom. The normalized spacial score (nSPS) is 11.7. The summed E-state index contributed by atoms with van der Waals surface area (Å²) in [5.74, 6) is 0.852. The zero-order valence-electron chi connectivity index (χ0n) is 11.7. The van der Waals surface area contributed by atoms with Crippen LogP contribution in [0.15, 0.2) is 30.3 Å². The Hall–Kier alpha value is -1.81. The van der Waals surface area contributed by atoms with E-state index in [0.717, 1.165) is 22.4 Å². The Morgan fingerprint density at radius 3 is 2.79 bits per heavy atom. The minimum Gasteiger partial charge on any atom is -0.399 e. The van der Waals surface area contributed by atoms with Crippen molar-refractivity contribution in [3.63, 3.8) is 0 Å². The molecule has 4 nitrogen and oxygen atoms in total. The number of nitrogens with zero attached hydrogens (tertiary/aromatic N) is 1. The molecule has 102 valence electrons. The van der Waals surface area contributed by atoms with Gasteiger partial charge in [-0.05, 0) is 51.1 Å². The number of nitrogens with two attached hydrogens (primary N) is 1. The van der Waals surface area contributed by atoms with E-state index < -0.39 is 0 Å². The van der Waals surface area contributed by atoms with Gasteiger partial charge in [-0.1, -0.05) is 0 Å². The highest BCUT2D eigenvalue weighted by Crippen LogP contribution is 2.18. The molecule has 3 N–H and O–H groups in total. The van der Waals surface area contributed by atoms with Crippen LogP contribution in [0.25, 0.3) is 10.9 Å². The molecule has 0 spiro atoms. The summed E-state index contributed by atoms with van der Waals surface area (Å²) in [5, 5.41) is 4.36. The van der Waals surface area contributed by atoms with Gasteiger partial charge in [-0.15, -0.1) is 0 Å². The number of pyridine rings is 1. The van der Waals surface area contributed by atoms with Crippen molar-refractivity contribution in [2.75, 3.05) is 24.2 Å². The van der Waals surface area contributed by atoms with Gasteiger partial charge in [0.1, 0.15) is 5.82 Å². The zero-order valence-corrected chi connectivity index (χ0v) is 11.7. The minimum atomic E-state index is -0.202. The van der Waals surface area contributed by atoms with Gasteiger partial charge in [0, 0.05) is 24.2 Å². The maximum atomic E-state index is 5.75. The van der Waals surface area contributed by atoms with Gasteiger partial charge in [-0.3, -0.25) is 0 Å². The van der Waals surface area contributed by atoms with Crippen molar-refractivity contribution >= 4 is 22.4 Å². The van der Waals surface area contributed by atoms with Crippen LogP contribution in [0, 0.1) is 0 Å². The Labute approximate surface area is 114 Å². The van der Waals surface area contributed by atoms with Crippen LogP contribution in [0.3, 0.4) is 0 Å². The third-order valence-corrected chi connectivity index (χ3v) is 2.94. The van der Waals surface area contributed by atoms with Crippen LogP contribution in [-0.2, 0) is 4.74 Å². The monoisotopic (exact) mass is 259 g/mol. The Balaban J connectivity index is 2.11. The Kier molecular flexibility index (Phi) is 3.90. The predicted octanol–water partition coefficient (Wildman–Crippen LogP) is 3.04. The summed E-state index contributed by atoms with van der Waals surface area (Å²) < 4.78 is 5.65. The molecule has 2 rings (SSSR count). The molecule has 1 aromatic heterocycles. The lowest BCUT2D eigenvalue weighted by molar-refractivity contribution is 0.000646. The van der Waals surface area contributed by atoms with E-state index in [-0.39, 0.29) is 5.60 Å². The lowest BCUT2D eigenvalue weighted by atomic mass is 10.1. The van der Waals surface area contributed by atoms with Gasteiger partial charge in [-0.2, -0.15) is 0 Å². The smallest absolute Gasteiger partial charge is 0.126 e. The highest BCUT2D eigenvalue weighted by molar-refractivity contribution is 5.83. The molecule has 0 atom stereocenters. The first-order valence-electron chi connectivity index (χ1n) is 6.54. The van der Waals surface area contributed by atoms with E-state index in [1.54, 1.807) is 0 Å². The van der Waals surface area contributed by atoms with Crippen molar-refractivity contribution in [3.8, 4) is 0 Å². The molecule has 4 heteroatoms. The zero-order chi connectivity index (χ0) is 13.9. The first kappa shape index (κ1) is 13.6. The number of hydrogen-bond donors (Lipinski definition) is 2. The molecule has 0 radical (unpaired) electrons. The fraction of sp³-hybridized carbons (Fsp3) is 0.400. The molecule has 0 saturated heterocycles. The topological polar surface area (TPSA) is 60.2 Å². The molecule has 0 bridgehead atoms. The summed E-state index contributed by atoms with van der Waals surface area (Å²) in [6.45, 7) is 7.55. The van der Waals surface area contributed by atoms with E-state index in [1.807, 2.05) is 37.3 Å². The van der Waals surface area contributed by atoms with Gasteiger partial charge in [-0.25, -0.2) is 4.98 Å². The highest BCUT2D eigenvalue weighted by Gasteiger charge is 2.17. The number of aromatic nitrogens is 1. The molecule has 0 unspecified atom stereocenters. The van der Waals surface area contributed by atoms with E-state index in [4.69, 9.17) is 10.5 Å². The van der Waals surface area contributed by atoms with Crippen LogP contribution >= 0.6 is 0 Å².